The lowest BCUT2D eigenvalue weighted by Gasteiger charge is -2.23. The van der Waals surface area contributed by atoms with Crippen LogP contribution in [-0.4, -0.2) is 16.9 Å². The number of rotatable bonds is 4. The predicted molar refractivity (Wildman–Crippen MR) is 73.4 cm³/mol. The van der Waals surface area contributed by atoms with E-state index in [1.165, 1.54) is 4.88 Å². The van der Waals surface area contributed by atoms with E-state index in [2.05, 4.69) is 36.0 Å². The van der Waals surface area contributed by atoms with Crippen molar-refractivity contribution in [3.05, 3.63) is 51.4 Å². The summed E-state index contributed by atoms with van der Waals surface area (Å²) < 4.78 is 0.846. The number of aromatic nitrogens is 1. The van der Waals surface area contributed by atoms with Crippen molar-refractivity contribution in [2.24, 2.45) is 0 Å². The molecule has 2 aromatic rings. The second kappa shape index (κ2) is 5.63. The largest absolute Gasteiger partial charge is 0.293 e. The summed E-state index contributed by atoms with van der Waals surface area (Å²) in [6.07, 6.45) is 1.84. The third-order valence-electron chi connectivity index (χ3n) is 2.81. The molecule has 0 aromatic carbocycles. The molecule has 0 bridgehead atoms. The Kier molecular flexibility index (Phi) is 4.15. The third kappa shape index (κ3) is 3.28. The molecule has 1 atom stereocenters. The van der Waals surface area contributed by atoms with Crippen molar-refractivity contribution in [2.45, 2.75) is 19.5 Å². The van der Waals surface area contributed by atoms with E-state index in [0.717, 1.165) is 16.6 Å². The van der Waals surface area contributed by atoms with Gasteiger partial charge in [-0.05, 0) is 38.2 Å². The molecule has 0 spiro atoms. The molecule has 0 aliphatic rings. The Morgan fingerprint density at radius 3 is 2.76 bits per heavy atom. The first-order valence-corrected chi connectivity index (χ1v) is 6.71. The van der Waals surface area contributed by atoms with Crippen LogP contribution in [-0.2, 0) is 6.54 Å². The molecular weight excluding hydrogens is 252 g/mol. The zero-order valence-electron chi connectivity index (χ0n) is 9.93. The number of halogens is 1. The van der Waals surface area contributed by atoms with Crippen molar-refractivity contribution in [1.82, 2.24) is 9.88 Å². The number of pyridine rings is 1. The molecular formula is C13H15ClN2S. The highest BCUT2D eigenvalue weighted by atomic mass is 35.5. The molecule has 0 aliphatic carbocycles. The Morgan fingerprint density at radius 2 is 2.18 bits per heavy atom. The number of nitrogens with zero attached hydrogens (tertiary/aromatic N) is 2. The summed E-state index contributed by atoms with van der Waals surface area (Å²) in [5, 5.41) is 0. The average Bonchev–Trinajstić information content (AvgIpc) is 2.75. The van der Waals surface area contributed by atoms with Gasteiger partial charge in [0.25, 0.3) is 0 Å². The van der Waals surface area contributed by atoms with E-state index in [0.29, 0.717) is 6.04 Å². The van der Waals surface area contributed by atoms with Gasteiger partial charge in [0.15, 0.2) is 0 Å². The Bertz CT molecular complexity index is 469. The van der Waals surface area contributed by atoms with Crippen LogP contribution in [0.25, 0.3) is 0 Å². The van der Waals surface area contributed by atoms with Crippen LogP contribution in [0, 0.1) is 0 Å². The zero-order valence-corrected chi connectivity index (χ0v) is 11.5. The van der Waals surface area contributed by atoms with E-state index in [4.69, 9.17) is 11.6 Å². The van der Waals surface area contributed by atoms with Crippen LogP contribution in [0.4, 0.5) is 0 Å². The summed E-state index contributed by atoms with van der Waals surface area (Å²) in [5.41, 5.74) is 1.10. The maximum absolute atomic E-state index is 5.93. The van der Waals surface area contributed by atoms with E-state index in [1.54, 1.807) is 11.3 Å². The van der Waals surface area contributed by atoms with Gasteiger partial charge in [-0.2, -0.15) is 0 Å². The SMILES string of the molecule is C[C@@H](c1ccccn1)N(C)Cc1ccc(Cl)s1. The quantitative estimate of drug-likeness (QED) is 0.832. The molecule has 2 aromatic heterocycles. The molecule has 0 unspecified atom stereocenters. The molecule has 0 fully saturated rings. The average molecular weight is 267 g/mol. The van der Waals surface area contributed by atoms with Crippen LogP contribution in [0.1, 0.15) is 23.5 Å². The Morgan fingerprint density at radius 1 is 1.35 bits per heavy atom. The predicted octanol–water partition coefficient (Wildman–Crippen LogP) is 3.99. The molecule has 0 saturated heterocycles. The maximum Gasteiger partial charge on any atom is 0.0931 e. The van der Waals surface area contributed by atoms with Gasteiger partial charge in [-0.1, -0.05) is 17.7 Å². The summed E-state index contributed by atoms with van der Waals surface area (Å²) in [6.45, 7) is 3.06. The third-order valence-corrected chi connectivity index (χ3v) is 4.03. The molecule has 0 aliphatic heterocycles. The summed E-state index contributed by atoms with van der Waals surface area (Å²) in [4.78, 5) is 7.93. The van der Waals surface area contributed by atoms with Gasteiger partial charge in [-0.25, -0.2) is 0 Å². The molecule has 90 valence electrons. The summed E-state index contributed by atoms with van der Waals surface area (Å²) >= 11 is 7.56. The number of hydrogen-bond acceptors (Lipinski definition) is 3. The summed E-state index contributed by atoms with van der Waals surface area (Å²) in [7, 11) is 2.10. The first-order valence-electron chi connectivity index (χ1n) is 5.52. The van der Waals surface area contributed by atoms with Crippen LogP contribution >= 0.6 is 22.9 Å². The van der Waals surface area contributed by atoms with E-state index >= 15 is 0 Å². The molecule has 2 rings (SSSR count). The van der Waals surface area contributed by atoms with Crippen LogP contribution in [0.3, 0.4) is 0 Å². The standard InChI is InChI=1S/C13H15ClN2S/c1-10(12-5-3-4-8-15-12)16(2)9-11-6-7-13(14)17-11/h3-8,10H,9H2,1-2H3/t10-/m0/s1. The van der Waals surface area contributed by atoms with Gasteiger partial charge in [0.2, 0.25) is 0 Å². The van der Waals surface area contributed by atoms with E-state index in [9.17, 15) is 0 Å². The Hall–Kier alpha value is -0.900. The molecule has 0 radical (unpaired) electrons. The lowest BCUT2D eigenvalue weighted by molar-refractivity contribution is 0.251. The molecule has 0 amide bonds. The number of hydrogen-bond donors (Lipinski definition) is 0. The maximum atomic E-state index is 5.93. The van der Waals surface area contributed by atoms with Crippen molar-refractivity contribution in [3.8, 4) is 0 Å². The minimum Gasteiger partial charge on any atom is -0.293 e. The van der Waals surface area contributed by atoms with Gasteiger partial charge >= 0.3 is 0 Å². The Balaban J connectivity index is 2.03. The smallest absolute Gasteiger partial charge is 0.0931 e. The van der Waals surface area contributed by atoms with Crippen molar-refractivity contribution >= 4 is 22.9 Å². The van der Waals surface area contributed by atoms with Gasteiger partial charge in [-0.15, -0.1) is 11.3 Å². The fourth-order valence-corrected chi connectivity index (χ4v) is 2.82. The first kappa shape index (κ1) is 12.6. The van der Waals surface area contributed by atoms with Crippen LogP contribution in [0.5, 0.6) is 0 Å². The first-order chi connectivity index (χ1) is 8.16. The lowest BCUT2D eigenvalue weighted by atomic mass is 10.2. The lowest BCUT2D eigenvalue weighted by Crippen LogP contribution is -2.22. The molecule has 0 saturated carbocycles. The summed E-state index contributed by atoms with van der Waals surface area (Å²) in [6, 6.07) is 10.3. The van der Waals surface area contributed by atoms with E-state index < -0.39 is 0 Å². The summed E-state index contributed by atoms with van der Waals surface area (Å²) in [5.74, 6) is 0. The monoisotopic (exact) mass is 266 g/mol. The molecule has 2 heterocycles. The van der Waals surface area contributed by atoms with Crippen molar-refractivity contribution in [3.63, 3.8) is 0 Å². The second-order valence-corrected chi connectivity index (χ2v) is 5.85. The molecule has 2 nitrogen and oxygen atoms in total. The minimum atomic E-state index is 0.303. The zero-order chi connectivity index (χ0) is 12.3. The van der Waals surface area contributed by atoms with Gasteiger partial charge in [0.05, 0.1) is 10.0 Å². The van der Waals surface area contributed by atoms with Gasteiger partial charge in [0.1, 0.15) is 0 Å². The highest BCUT2D eigenvalue weighted by Gasteiger charge is 2.13. The van der Waals surface area contributed by atoms with Gasteiger partial charge in [-0.3, -0.25) is 9.88 Å². The second-order valence-electron chi connectivity index (χ2n) is 4.05. The topological polar surface area (TPSA) is 16.1 Å². The fourth-order valence-electron chi connectivity index (χ4n) is 1.67. The van der Waals surface area contributed by atoms with Crippen molar-refractivity contribution in [1.29, 1.82) is 0 Å². The van der Waals surface area contributed by atoms with Crippen LogP contribution < -0.4 is 0 Å². The molecule has 0 N–H and O–H groups in total. The molecule has 17 heavy (non-hydrogen) atoms. The molecule has 4 heteroatoms. The minimum absolute atomic E-state index is 0.303. The van der Waals surface area contributed by atoms with E-state index in [1.807, 2.05) is 24.4 Å². The van der Waals surface area contributed by atoms with Crippen LogP contribution in [0.15, 0.2) is 36.5 Å². The van der Waals surface area contributed by atoms with E-state index in [-0.39, 0.29) is 0 Å². The highest BCUT2D eigenvalue weighted by Crippen LogP contribution is 2.25. The number of thiophene rings is 1. The van der Waals surface area contributed by atoms with Crippen LogP contribution in [0.2, 0.25) is 4.34 Å². The highest BCUT2D eigenvalue weighted by molar-refractivity contribution is 7.16. The normalized spacial score (nSPS) is 12.9. The van der Waals surface area contributed by atoms with Crippen molar-refractivity contribution < 1.29 is 0 Å². The van der Waals surface area contributed by atoms with Gasteiger partial charge < -0.3 is 0 Å². The van der Waals surface area contributed by atoms with Gasteiger partial charge in [0, 0.05) is 23.7 Å². The Labute approximate surface area is 111 Å². The fraction of sp³-hybridized carbons (Fsp3) is 0.308. The van der Waals surface area contributed by atoms with Crippen molar-refractivity contribution in [2.75, 3.05) is 7.05 Å².